The van der Waals surface area contributed by atoms with E-state index in [0.29, 0.717) is 0 Å². The molecule has 1 unspecified atom stereocenters. The predicted octanol–water partition coefficient (Wildman–Crippen LogP) is 2.66. The van der Waals surface area contributed by atoms with Crippen molar-refractivity contribution in [3.05, 3.63) is 22.4 Å². The minimum atomic E-state index is -1.35. The van der Waals surface area contributed by atoms with Crippen molar-refractivity contribution >= 4 is 19.4 Å². The summed E-state index contributed by atoms with van der Waals surface area (Å²) >= 11 is 1.58. The highest BCUT2D eigenvalue weighted by Crippen LogP contribution is 2.15. The molecular weight excluding hydrogens is 196 g/mol. The van der Waals surface area contributed by atoms with Crippen molar-refractivity contribution in [2.24, 2.45) is 0 Å². The molecule has 0 fully saturated rings. The highest BCUT2D eigenvalue weighted by Gasteiger charge is 2.09. The van der Waals surface area contributed by atoms with Gasteiger partial charge in [-0.3, -0.25) is 0 Å². The Labute approximate surface area is 84.4 Å². The van der Waals surface area contributed by atoms with Gasteiger partial charge in [-0.15, -0.1) is 5.54 Å². The average Bonchev–Trinajstić information content (AvgIpc) is 2.50. The van der Waals surface area contributed by atoms with Crippen molar-refractivity contribution < 1.29 is 5.11 Å². The maximum absolute atomic E-state index is 9.63. The third kappa shape index (κ3) is 3.77. The molecule has 0 aliphatic carbocycles. The zero-order valence-corrected chi connectivity index (χ0v) is 9.98. The first-order valence-corrected chi connectivity index (χ1v) is 8.66. The molecule has 0 aliphatic rings. The second kappa shape index (κ2) is 4.10. The van der Waals surface area contributed by atoms with Gasteiger partial charge in [-0.05, 0) is 16.8 Å². The van der Waals surface area contributed by atoms with Crippen molar-refractivity contribution in [1.82, 2.24) is 0 Å². The normalized spacial score (nSPS) is 13.2. The number of hydrogen-bond donors (Lipinski definition) is 1. The van der Waals surface area contributed by atoms with Gasteiger partial charge in [-0.2, -0.15) is 11.3 Å². The van der Waals surface area contributed by atoms with E-state index in [4.69, 9.17) is 0 Å². The van der Waals surface area contributed by atoms with E-state index in [1.54, 1.807) is 11.3 Å². The van der Waals surface area contributed by atoms with Crippen LogP contribution < -0.4 is 0 Å². The van der Waals surface area contributed by atoms with E-state index < -0.39 is 14.2 Å². The van der Waals surface area contributed by atoms with Crippen LogP contribution in [0.5, 0.6) is 0 Å². The van der Waals surface area contributed by atoms with Gasteiger partial charge in [0.05, 0.1) is 0 Å². The molecule has 1 nitrogen and oxygen atoms in total. The molecule has 0 amide bonds. The lowest BCUT2D eigenvalue weighted by molar-refractivity contribution is 0.239. The third-order valence-corrected chi connectivity index (χ3v) is 3.04. The monoisotopic (exact) mass is 210 g/mol. The van der Waals surface area contributed by atoms with E-state index in [0.717, 1.165) is 5.56 Å². The first-order valence-electron chi connectivity index (χ1n) is 4.22. The predicted molar refractivity (Wildman–Crippen MR) is 60.4 cm³/mol. The lowest BCUT2D eigenvalue weighted by Crippen LogP contribution is -2.16. The molecule has 1 aromatic rings. The molecular formula is C10H14OSSi. The van der Waals surface area contributed by atoms with Gasteiger partial charge in [0.1, 0.15) is 14.2 Å². The maximum Gasteiger partial charge on any atom is 0.140 e. The molecule has 0 spiro atoms. The molecule has 0 saturated carbocycles. The standard InChI is InChI=1S/C10H14OSSi/c1-13(2,3)7-5-10(11)9-4-6-12-8-9/h4,6,8,10-11H,1-3H3. The van der Waals surface area contributed by atoms with E-state index in [1.807, 2.05) is 16.8 Å². The van der Waals surface area contributed by atoms with Crippen molar-refractivity contribution in [2.45, 2.75) is 25.7 Å². The zero-order valence-electron chi connectivity index (χ0n) is 8.16. The molecule has 0 aromatic carbocycles. The molecule has 13 heavy (non-hydrogen) atoms. The summed E-state index contributed by atoms with van der Waals surface area (Å²) in [7, 11) is -1.35. The summed E-state index contributed by atoms with van der Waals surface area (Å²) in [5.74, 6) is 2.90. The summed E-state index contributed by atoms with van der Waals surface area (Å²) in [5, 5.41) is 13.5. The maximum atomic E-state index is 9.63. The molecule has 3 heteroatoms. The van der Waals surface area contributed by atoms with E-state index in [2.05, 4.69) is 31.1 Å². The largest absolute Gasteiger partial charge is 0.376 e. The van der Waals surface area contributed by atoms with Gasteiger partial charge >= 0.3 is 0 Å². The summed E-state index contributed by atoms with van der Waals surface area (Å²) in [6, 6.07) is 1.91. The molecule has 0 bridgehead atoms. The van der Waals surface area contributed by atoms with Gasteiger partial charge in [0.15, 0.2) is 0 Å². The van der Waals surface area contributed by atoms with Crippen LogP contribution in [-0.2, 0) is 0 Å². The Bertz CT molecular complexity index is 313. The number of thiophene rings is 1. The van der Waals surface area contributed by atoms with Gasteiger partial charge in [-0.25, -0.2) is 0 Å². The summed E-state index contributed by atoms with van der Waals surface area (Å²) in [6.45, 7) is 6.50. The quantitative estimate of drug-likeness (QED) is 0.558. The van der Waals surface area contributed by atoms with Gasteiger partial charge < -0.3 is 5.11 Å². The Balaban J connectivity index is 2.69. The van der Waals surface area contributed by atoms with Gasteiger partial charge in [0, 0.05) is 5.56 Å². The van der Waals surface area contributed by atoms with Crippen LogP contribution in [0.4, 0.5) is 0 Å². The van der Waals surface area contributed by atoms with E-state index >= 15 is 0 Å². The first kappa shape index (κ1) is 10.5. The first-order chi connectivity index (χ1) is 5.99. The Morgan fingerprint density at radius 3 is 2.62 bits per heavy atom. The number of aliphatic hydroxyl groups excluding tert-OH is 1. The van der Waals surface area contributed by atoms with Crippen LogP contribution in [-0.4, -0.2) is 13.2 Å². The summed E-state index contributed by atoms with van der Waals surface area (Å²) in [6.07, 6.45) is -0.599. The molecule has 1 N–H and O–H groups in total. The van der Waals surface area contributed by atoms with Gasteiger partial charge in [0.2, 0.25) is 0 Å². The minimum absolute atomic E-state index is 0.599. The third-order valence-electron chi connectivity index (χ3n) is 1.44. The summed E-state index contributed by atoms with van der Waals surface area (Å²) in [4.78, 5) is 0. The van der Waals surface area contributed by atoms with E-state index in [9.17, 15) is 5.11 Å². The number of rotatable bonds is 1. The highest BCUT2D eigenvalue weighted by atomic mass is 32.1. The lowest BCUT2D eigenvalue weighted by atomic mass is 10.2. The van der Waals surface area contributed by atoms with E-state index in [-0.39, 0.29) is 0 Å². The second-order valence-corrected chi connectivity index (χ2v) is 9.51. The highest BCUT2D eigenvalue weighted by molar-refractivity contribution is 7.08. The molecule has 70 valence electrons. The molecule has 0 aliphatic heterocycles. The number of hydrogen-bond acceptors (Lipinski definition) is 2. The van der Waals surface area contributed by atoms with Crippen LogP contribution in [0.2, 0.25) is 19.6 Å². The Hall–Kier alpha value is -0.563. The SMILES string of the molecule is C[Si](C)(C)C#CC(O)c1ccsc1. The van der Waals surface area contributed by atoms with Crippen LogP contribution in [0.25, 0.3) is 0 Å². The molecule has 1 heterocycles. The summed E-state index contributed by atoms with van der Waals surface area (Å²) < 4.78 is 0. The molecule has 1 atom stereocenters. The fourth-order valence-corrected chi connectivity index (χ4v) is 2.05. The van der Waals surface area contributed by atoms with Crippen molar-refractivity contribution in [2.75, 3.05) is 0 Å². The van der Waals surface area contributed by atoms with Crippen LogP contribution in [0.15, 0.2) is 16.8 Å². The topological polar surface area (TPSA) is 20.2 Å². The van der Waals surface area contributed by atoms with E-state index in [1.165, 1.54) is 0 Å². The molecule has 1 aromatic heterocycles. The van der Waals surface area contributed by atoms with Crippen LogP contribution in [0.1, 0.15) is 11.7 Å². The van der Waals surface area contributed by atoms with Crippen molar-refractivity contribution in [3.8, 4) is 11.5 Å². The summed E-state index contributed by atoms with van der Waals surface area (Å²) in [5.41, 5.74) is 4.07. The second-order valence-electron chi connectivity index (χ2n) is 3.98. The molecule has 0 radical (unpaired) electrons. The fourth-order valence-electron chi connectivity index (χ4n) is 0.799. The molecule has 1 rings (SSSR count). The van der Waals surface area contributed by atoms with Gasteiger partial charge in [-0.1, -0.05) is 25.6 Å². The lowest BCUT2D eigenvalue weighted by Gasteiger charge is -2.05. The smallest absolute Gasteiger partial charge is 0.140 e. The average molecular weight is 210 g/mol. The van der Waals surface area contributed by atoms with Crippen LogP contribution >= 0.6 is 11.3 Å². The van der Waals surface area contributed by atoms with Gasteiger partial charge in [0.25, 0.3) is 0 Å². The zero-order chi connectivity index (χ0) is 9.90. The Morgan fingerprint density at radius 2 is 2.15 bits per heavy atom. The molecule has 0 saturated heterocycles. The van der Waals surface area contributed by atoms with Crippen LogP contribution in [0.3, 0.4) is 0 Å². The van der Waals surface area contributed by atoms with Crippen LogP contribution in [0, 0.1) is 11.5 Å². The van der Waals surface area contributed by atoms with Crippen molar-refractivity contribution in [3.63, 3.8) is 0 Å². The number of aliphatic hydroxyl groups is 1. The minimum Gasteiger partial charge on any atom is -0.376 e. The fraction of sp³-hybridized carbons (Fsp3) is 0.400. The van der Waals surface area contributed by atoms with Crippen molar-refractivity contribution in [1.29, 1.82) is 0 Å². The Kier molecular flexibility index (Phi) is 3.31. The Morgan fingerprint density at radius 1 is 1.46 bits per heavy atom.